The summed E-state index contributed by atoms with van der Waals surface area (Å²) < 4.78 is 5.68. The maximum Gasteiger partial charge on any atom is 0.262 e. The van der Waals surface area contributed by atoms with Gasteiger partial charge in [-0.05, 0) is 50.5 Å². The molecule has 2 amide bonds. The predicted molar refractivity (Wildman–Crippen MR) is 99.2 cm³/mol. The molecule has 0 radical (unpaired) electrons. The Bertz CT molecular complexity index is 764. The lowest BCUT2D eigenvalue weighted by atomic mass is 10.1. The first-order valence-corrected chi connectivity index (χ1v) is 8.30. The van der Waals surface area contributed by atoms with Gasteiger partial charge in [-0.25, -0.2) is 0 Å². The van der Waals surface area contributed by atoms with Crippen molar-refractivity contribution in [1.82, 2.24) is 5.32 Å². The van der Waals surface area contributed by atoms with Crippen LogP contribution < -0.4 is 15.4 Å². The predicted octanol–water partition coefficient (Wildman–Crippen LogP) is 3.38. The van der Waals surface area contributed by atoms with E-state index in [0.717, 1.165) is 22.4 Å². The largest absolute Gasteiger partial charge is 0.483 e. The maximum absolute atomic E-state index is 12.3. The lowest BCUT2D eigenvalue weighted by Crippen LogP contribution is -2.25. The van der Waals surface area contributed by atoms with Crippen molar-refractivity contribution in [2.45, 2.75) is 27.7 Å². The Hall–Kier alpha value is -2.82. The molecule has 0 atom stereocenters. The van der Waals surface area contributed by atoms with E-state index in [1.165, 1.54) is 0 Å². The van der Waals surface area contributed by atoms with Gasteiger partial charge in [-0.2, -0.15) is 0 Å². The van der Waals surface area contributed by atoms with Crippen molar-refractivity contribution in [3.63, 3.8) is 0 Å². The maximum atomic E-state index is 12.3. The molecule has 2 aromatic rings. The number of hydrogen-bond acceptors (Lipinski definition) is 3. The lowest BCUT2D eigenvalue weighted by Gasteiger charge is -2.15. The van der Waals surface area contributed by atoms with Gasteiger partial charge in [0.2, 0.25) is 0 Å². The van der Waals surface area contributed by atoms with Crippen LogP contribution in [0.25, 0.3) is 0 Å². The van der Waals surface area contributed by atoms with Gasteiger partial charge < -0.3 is 15.4 Å². The number of hydrogen-bond donors (Lipinski definition) is 2. The quantitative estimate of drug-likeness (QED) is 0.847. The van der Waals surface area contributed by atoms with Crippen LogP contribution in [-0.2, 0) is 4.79 Å². The first-order chi connectivity index (χ1) is 11.9. The lowest BCUT2D eigenvalue weighted by molar-refractivity contribution is -0.118. The van der Waals surface area contributed by atoms with Crippen LogP contribution in [-0.4, -0.2) is 25.0 Å². The molecule has 2 N–H and O–H groups in total. The molecule has 0 saturated carbocycles. The number of benzene rings is 2. The third kappa shape index (κ3) is 4.59. The number of anilines is 1. The van der Waals surface area contributed by atoms with Crippen molar-refractivity contribution in [1.29, 1.82) is 0 Å². The zero-order chi connectivity index (χ0) is 18.4. The molecule has 0 fully saturated rings. The van der Waals surface area contributed by atoms with Crippen molar-refractivity contribution in [2.75, 3.05) is 18.5 Å². The molecule has 0 aliphatic heterocycles. The molecule has 0 aromatic heterocycles. The van der Waals surface area contributed by atoms with E-state index in [1.807, 2.05) is 52.0 Å². The van der Waals surface area contributed by atoms with Gasteiger partial charge in [0.05, 0.1) is 5.56 Å². The van der Waals surface area contributed by atoms with Gasteiger partial charge in [-0.1, -0.05) is 30.3 Å². The zero-order valence-electron chi connectivity index (χ0n) is 15.1. The minimum Gasteiger partial charge on any atom is -0.483 e. The normalized spacial score (nSPS) is 10.2. The minimum atomic E-state index is -0.262. The highest BCUT2D eigenvalue weighted by Gasteiger charge is 2.15. The van der Waals surface area contributed by atoms with Crippen LogP contribution in [0.4, 0.5) is 5.69 Å². The highest BCUT2D eigenvalue weighted by Crippen LogP contribution is 2.24. The molecule has 0 aliphatic rings. The Balaban J connectivity index is 2.11. The Morgan fingerprint density at radius 1 is 0.960 bits per heavy atom. The van der Waals surface area contributed by atoms with Gasteiger partial charge in [-0.3, -0.25) is 9.59 Å². The summed E-state index contributed by atoms with van der Waals surface area (Å²) in [5, 5.41) is 5.63. The summed E-state index contributed by atoms with van der Waals surface area (Å²) in [7, 11) is 0. The van der Waals surface area contributed by atoms with E-state index in [0.29, 0.717) is 17.9 Å². The van der Waals surface area contributed by atoms with E-state index >= 15 is 0 Å². The monoisotopic (exact) mass is 340 g/mol. The second kappa shape index (κ2) is 8.33. The molecular formula is C20H24N2O3. The summed E-state index contributed by atoms with van der Waals surface area (Å²) in [6, 6.07) is 11.2. The van der Waals surface area contributed by atoms with Crippen LogP contribution in [0.3, 0.4) is 0 Å². The van der Waals surface area contributed by atoms with E-state index in [4.69, 9.17) is 4.74 Å². The van der Waals surface area contributed by atoms with Crippen LogP contribution in [0.15, 0.2) is 36.4 Å². The number of rotatable bonds is 6. The minimum absolute atomic E-state index is 0.162. The van der Waals surface area contributed by atoms with Crippen LogP contribution in [0, 0.1) is 20.8 Å². The van der Waals surface area contributed by atoms with E-state index in [9.17, 15) is 9.59 Å². The third-order valence-electron chi connectivity index (χ3n) is 3.89. The van der Waals surface area contributed by atoms with Crippen LogP contribution in [0.2, 0.25) is 0 Å². The topological polar surface area (TPSA) is 67.4 Å². The number of ether oxygens (including phenoxy) is 1. The first-order valence-electron chi connectivity index (χ1n) is 8.30. The molecule has 2 aromatic carbocycles. The van der Waals surface area contributed by atoms with Crippen molar-refractivity contribution >= 4 is 17.5 Å². The Labute approximate surface area is 148 Å². The molecule has 0 saturated heterocycles. The van der Waals surface area contributed by atoms with Crippen LogP contribution >= 0.6 is 0 Å². The summed E-state index contributed by atoms with van der Waals surface area (Å²) in [6.45, 7) is 7.95. The Morgan fingerprint density at radius 2 is 1.56 bits per heavy atom. The SMILES string of the molecule is CCNC(=O)c1cccc(C)c1OCC(=O)Nc1c(C)cccc1C. The summed E-state index contributed by atoms with van der Waals surface area (Å²) in [5.74, 6) is -0.0380. The number of aryl methyl sites for hydroxylation is 3. The molecule has 0 bridgehead atoms. The number of carbonyl (C=O) groups is 2. The fourth-order valence-corrected chi connectivity index (χ4v) is 2.60. The van der Waals surface area contributed by atoms with E-state index < -0.39 is 0 Å². The molecule has 0 aliphatic carbocycles. The molecule has 132 valence electrons. The average molecular weight is 340 g/mol. The smallest absolute Gasteiger partial charge is 0.262 e. The van der Waals surface area contributed by atoms with E-state index in [-0.39, 0.29) is 18.4 Å². The van der Waals surface area contributed by atoms with Crippen LogP contribution in [0.5, 0.6) is 5.75 Å². The van der Waals surface area contributed by atoms with Gasteiger partial charge >= 0.3 is 0 Å². The summed E-state index contributed by atoms with van der Waals surface area (Å²) in [5.41, 5.74) is 4.02. The molecule has 0 unspecified atom stereocenters. The molecule has 0 spiro atoms. The summed E-state index contributed by atoms with van der Waals surface area (Å²) >= 11 is 0. The van der Waals surface area contributed by atoms with Crippen molar-refractivity contribution in [3.05, 3.63) is 58.7 Å². The molecule has 5 nitrogen and oxygen atoms in total. The Morgan fingerprint density at radius 3 is 2.20 bits per heavy atom. The summed E-state index contributed by atoms with van der Waals surface area (Å²) in [6.07, 6.45) is 0. The van der Waals surface area contributed by atoms with E-state index in [1.54, 1.807) is 12.1 Å². The van der Waals surface area contributed by atoms with Gasteiger partial charge in [0.25, 0.3) is 11.8 Å². The molecule has 0 heterocycles. The number of para-hydroxylation sites is 2. The number of amides is 2. The van der Waals surface area contributed by atoms with Gasteiger partial charge in [0, 0.05) is 12.2 Å². The number of nitrogens with one attached hydrogen (secondary N) is 2. The van der Waals surface area contributed by atoms with Gasteiger partial charge in [0.15, 0.2) is 6.61 Å². The van der Waals surface area contributed by atoms with Gasteiger partial charge in [-0.15, -0.1) is 0 Å². The van der Waals surface area contributed by atoms with Crippen molar-refractivity contribution in [3.8, 4) is 5.75 Å². The fourth-order valence-electron chi connectivity index (χ4n) is 2.60. The number of carbonyl (C=O) groups excluding carboxylic acids is 2. The second-order valence-electron chi connectivity index (χ2n) is 5.91. The molecule has 2 rings (SSSR count). The fraction of sp³-hybridized carbons (Fsp3) is 0.300. The zero-order valence-corrected chi connectivity index (χ0v) is 15.1. The molecule has 25 heavy (non-hydrogen) atoms. The average Bonchev–Trinajstić information content (AvgIpc) is 2.57. The third-order valence-corrected chi connectivity index (χ3v) is 3.89. The van der Waals surface area contributed by atoms with Crippen LogP contribution in [0.1, 0.15) is 34.0 Å². The van der Waals surface area contributed by atoms with Crippen molar-refractivity contribution < 1.29 is 14.3 Å². The molecular weight excluding hydrogens is 316 g/mol. The van der Waals surface area contributed by atoms with Crippen molar-refractivity contribution in [2.24, 2.45) is 0 Å². The van der Waals surface area contributed by atoms with E-state index in [2.05, 4.69) is 10.6 Å². The van der Waals surface area contributed by atoms with Gasteiger partial charge in [0.1, 0.15) is 5.75 Å². The standard InChI is InChI=1S/C20H24N2O3/c1-5-21-20(24)16-11-7-10-15(4)19(16)25-12-17(23)22-18-13(2)8-6-9-14(18)3/h6-11H,5,12H2,1-4H3,(H,21,24)(H,22,23). The highest BCUT2D eigenvalue weighted by atomic mass is 16.5. The highest BCUT2D eigenvalue weighted by molar-refractivity contribution is 5.98. The first kappa shape index (κ1) is 18.5. The Kier molecular flexibility index (Phi) is 6.17. The molecule has 5 heteroatoms. The summed E-state index contributed by atoms with van der Waals surface area (Å²) in [4.78, 5) is 24.4. The second-order valence-corrected chi connectivity index (χ2v) is 5.91.